The van der Waals surface area contributed by atoms with E-state index < -0.39 is 10.5 Å². The van der Waals surface area contributed by atoms with Crippen LogP contribution in [0.25, 0.3) is 5.70 Å². The van der Waals surface area contributed by atoms with Crippen LogP contribution in [0.1, 0.15) is 38.8 Å². The molecule has 1 aliphatic heterocycles. The van der Waals surface area contributed by atoms with Crippen LogP contribution >= 0.6 is 0 Å². The third kappa shape index (κ3) is 3.53. The summed E-state index contributed by atoms with van der Waals surface area (Å²) < 4.78 is 7.49. The van der Waals surface area contributed by atoms with E-state index >= 15 is 0 Å². The zero-order valence-corrected chi connectivity index (χ0v) is 17.0. The molecule has 29 heavy (non-hydrogen) atoms. The number of ether oxygens (including phenoxy) is 1. The van der Waals surface area contributed by atoms with Gasteiger partial charge in [-0.1, -0.05) is 19.9 Å². The maximum atomic E-state index is 12.7. The number of benzene rings is 1. The van der Waals surface area contributed by atoms with Crippen LogP contribution in [-0.4, -0.2) is 21.0 Å². The number of fused-ring (bicyclic) bond motifs is 1. The fraction of sp³-hybridized carbons (Fsp3) is 0.333. The Morgan fingerprint density at radius 1 is 1.24 bits per heavy atom. The van der Waals surface area contributed by atoms with Gasteiger partial charge in [0.25, 0.3) is 11.2 Å². The van der Waals surface area contributed by atoms with E-state index in [-0.39, 0.29) is 23.1 Å². The van der Waals surface area contributed by atoms with Crippen LogP contribution < -0.4 is 15.6 Å². The van der Waals surface area contributed by atoms with Gasteiger partial charge in [0, 0.05) is 29.8 Å². The van der Waals surface area contributed by atoms with Crippen molar-refractivity contribution in [3.63, 3.8) is 0 Å². The van der Waals surface area contributed by atoms with E-state index in [9.17, 15) is 19.7 Å². The average Bonchev–Trinajstić information content (AvgIpc) is 2.62. The second-order valence-electron chi connectivity index (χ2n) is 7.73. The fourth-order valence-electron chi connectivity index (χ4n) is 3.32. The van der Waals surface area contributed by atoms with Gasteiger partial charge in [-0.2, -0.15) is 0 Å². The molecule has 0 radical (unpaired) electrons. The van der Waals surface area contributed by atoms with Crippen LogP contribution in [0.3, 0.4) is 0 Å². The molecule has 1 aromatic carbocycles. The lowest BCUT2D eigenvalue weighted by Gasteiger charge is -2.38. The lowest BCUT2D eigenvalue weighted by molar-refractivity contribution is -0.385. The van der Waals surface area contributed by atoms with Gasteiger partial charge in [-0.15, -0.1) is 0 Å². The highest BCUT2D eigenvalue weighted by Crippen LogP contribution is 2.44. The van der Waals surface area contributed by atoms with E-state index in [1.165, 1.54) is 22.8 Å². The molecule has 8 nitrogen and oxygen atoms in total. The minimum atomic E-state index is -0.981. The quantitative estimate of drug-likeness (QED) is 0.630. The Hall–Kier alpha value is -3.42. The molecule has 1 N–H and O–H groups in total. The predicted octanol–water partition coefficient (Wildman–Crippen LogP) is 3.23. The molecule has 2 heterocycles. The monoisotopic (exact) mass is 397 g/mol. The van der Waals surface area contributed by atoms with Crippen LogP contribution in [0, 0.1) is 23.0 Å². The van der Waals surface area contributed by atoms with Crippen LogP contribution in [0.5, 0.6) is 5.75 Å². The molecule has 0 bridgehead atoms. The minimum Gasteiger partial charge on any atom is -0.481 e. The fourth-order valence-corrected chi connectivity index (χ4v) is 3.32. The van der Waals surface area contributed by atoms with Crippen molar-refractivity contribution in [1.82, 2.24) is 9.88 Å². The molecule has 1 aliphatic rings. The van der Waals surface area contributed by atoms with Crippen LogP contribution in [-0.2, 0) is 4.79 Å². The van der Waals surface area contributed by atoms with E-state index in [2.05, 4.69) is 5.32 Å². The van der Waals surface area contributed by atoms with E-state index in [1.807, 2.05) is 0 Å². The molecule has 0 saturated carbocycles. The number of hydrogen-bond acceptors (Lipinski definition) is 5. The standard InChI is InChI=1S/C21H23N3O5/c1-12(2)20(26)22-19-18(23-11-7-6-8-16(23)25)17-13(3)14(24(27)28)9-10-15(17)29-21(19,4)5/h6-12H,1-5H3,(H,22,26). The highest BCUT2D eigenvalue weighted by molar-refractivity contribution is 5.86. The molecule has 0 saturated heterocycles. The lowest BCUT2D eigenvalue weighted by atomic mass is 9.91. The van der Waals surface area contributed by atoms with Gasteiger partial charge < -0.3 is 10.1 Å². The van der Waals surface area contributed by atoms with E-state index in [0.29, 0.717) is 28.3 Å². The molecule has 152 valence electrons. The number of nitro benzene ring substituents is 1. The maximum absolute atomic E-state index is 12.7. The second-order valence-corrected chi connectivity index (χ2v) is 7.73. The first-order valence-corrected chi connectivity index (χ1v) is 9.25. The van der Waals surface area contributed by atoms with Crippen LogP contribution in [0.2, 0.25) is 0 Å². The van der Waals surface area contributed by atoms with Crippen molar-refractivity contribution in [3.8, 4) is 5.75 Å². The molecule has 8 heteroatoms. The molecule has 1 aromatic heterocycles. The highest BCUT2D eigenvalue weighted by atomic mass is 16.6. The number of aromatic nitrogens is 1. The van der Waals surface area contributed by atoms with Gasteiger partial charge in [0.2, 0.25) is 5.91 Å². The molecule has 0 aliphatic carbocycles. The number of pyridine rings is 1. The summed E-state index contributed by atoms with van der Waals surface area (Å²) in [7, 11) is 0. The van der Waals surface area contributed by atoms with Gasteiger partial charge in [0.15, 0.2) is 0 Å². The Labute approximate surface area is 168 Å². The Morgan fingerprint density at radius 3 is 2.52 bits per heavy atom. The largest absolute Gasteiger partial charge is 0.481 e. The van der Waals surface area contributed by atoms with Gasteiger partial charge in [-0.25, -0.2) is 0 Å². The summed E-state index contributed by atoms with van der Waals surface area (Å²) in [6.07, 6.45) is 1.57. The van der Waals surface area contributed by atoms with Gasteiger partial charge in [-0.3, -0.25) is 24.3 Å². The Morgan fingerprint density at radius 2 is 1.93 bits per heavy atom. The number of nitrogens with zero attached hydrogens (tertiary/aromatic N) is 2. The highest BCUT2D eigenvalue weighted by Gasteiger charge is 2.39. The summed E-state index contributed by atoms with van der Waals surface area (Å²) in [6, 6.07) is 7.59. The van der Waals surface area contributed by atoms with Gasteiger partial charge in [0.1, 0.15) is 11.4 Å². The molecule has 0 atom stereocenters. The van der Waals surface area contributed by atoms with E-state index in [4.69, 9.17) is 4.74 Å². The smallest absolute Gasteiger partial charge is 0.273 e. The Bertz CT molecular complexity index is 1100. The Kier molecular flexibility index (Phi) is 5.04. The van der Waals surface area contributed by atoms with Crippen molar-refractivity contribution in [2.75, 3.05) is 0 Å². The summed E-state index contributed by atoms with van der Waals surface area (Å²) in [5, 5.41) is 14.4. The Balaban J connectivity index is 2.44. The first kappa shape index (κ1) is 20.3. The van der Waals surface area contributed by atoms with Crippen LogP contribution in [0.15, 0.2) is 47.0 Å². The van der Waals surface area contributed by atoms with Crippen molar-refractivity contribution in [2.24, 2.45) is 5.92 Å². The van der Waals surface area contributed by atoms with Gasteiger partial charge in [0.05, 0.1) is 21.9 Å². The zero-order chi connectivity index (χ0) is 21.5. The summed E-state index contributed by atoms with van der Waals surface area (Å²) in [5.41, 5.74) is 0.107. The summed E-state index contributed by atoms with van der Waals surface area (Å²) in [4.78, 5) is 36.2. The predicted molar refractivity (Wildman–Crippen MR) is 109 cm³/mol. The zero-order valence-electron chi connectivity index (χ0n) is 17.0. The SMILES string of the molecule is Cc1c([N+](=O)[O-])ccc2c1C(n1ccccc1=O)=C(NC(=O)C(C)C)C(C)(C)O2. The molecular formula is C21H23N3O5. The molecule has 1 amide bonds. The minimum absolute atomic E-state index is 0.0944. The maximum Gasteiger partial charge on any atom is 0.273 e. The third-order valence-corrected chi connectivity index (χ3v) is 4.87. The normalized spacial score (nSPS) is 15.0. The van der Waals surface area contributed by atoms with Crippen molar-refractivity contribution in [1.29, 1.82) is 0 Å². The van der Waals surface area contributed by atoms with Gasteiger partial charge in [-0.05, 0) is 32.9 Å². The molecule has 0 unspecified atom stereocenters. The van der Waals surface area contributed by atoms with Crippen molar-refractivity contribution in [3.05, 3.63) is 73.8 Å². The topological polar surface area (TPSA) is 103 Å². The summed E-state index contributed by atoms with van der Waals surface area (Å²) in [6.45, 7) is 8.66. The van der Waals surface area contributed by atoms with Crippen molar-refractivity contribution >= 4 is 17.3 Å². The average molecular weight is 397 g/mol. The summed E-state index contributed by atoms with van der Waals surface area (Å²) >= 11 is 0. The van der Waals surface area contributed by atoms with E-state index in [1.54, 1.807) is 52.9 Å². The number of amides is 1. The number of hydrogen-bond donors (Lipinski definition) is 1. The molecule has 3 rings (SSSR count). The molecule has 0 spiro atoms. The molecular weight excluding hydrogens is 374 g/mol. The van der Waals surface area contributed by atoms with Crippen molar-refractivity contribution in [2.45, 2.75) is 40.2 Å². The van der Waals surface area contributed by atoms with Gasteiger partial charge >= 0.3 is 0 Å². The van der Waals surface area contributed by atoms with E-state index in [0.717, 1.165) is 0 Å². The second kappa shape index (κ2) is 7.20. The van der Waals surface area contributed by atoms with Crippen molar-refractivity contribution < 1.29 is 14.5 Å². The third-order valence-electron chi connectivity index (χ3n) is 4.87. The molecule has 0 fully saturated rings. The number of carbonyl (C=O) groups excluding carboxylic acids is 1. The number of nitrogens with one attached hydrogen (secondary N) is 1. The molecule has 2 aromatic rings. The number of carbonyl (C=O) groups is 1. The van der Waals surface area contributed by atoms with Crippen LogP contribution in [0.4, 0.5) is 5.69 Å². The lowest BCUT2D eigenvalue weighted by Crippen LogP contribution is -2.46. The first-order valence-electron chi connectivity index (χ1n) is 9.25. The number of nitro groups is 1. The first-order chi connectivity index (χ1) is 13.5. The number of rotatable bonds is 4. The summed E-state index contributed by atoms with van der Waals surface area (Å²) in [5.74, 6) is -0.143.